The number of hydrogen-bond donors (Lipinski definition) is 1. The Kier molecular flexibility index (Phi) is 3.60. The van der Waals surface area contributed by atoms with E-state index < -0.39 is 15.7 Å². The Morgan fingerprint density at radius 1 is 1.05 bits per heavy atom. The first-order chi connectivity index (χ1) is 10.1. The van der Waals surface area contributed by atoms with Gasteiger partial charge in [0, 0.05) is 31.0 Å². The summed E-state index contributed by atoms with van der Waals surface area (Å²) in [7, 11) is -3.38. The predicted molar refractivity (Wildman–Crippen MR) is 78.3 cm³/mol. The second kappa shape index (κ2) is 5.42. The molecule has 1 saturated heterocycles. The minimum Gasteiger partial charge on any atom is -0.312 e. The van der Waals surface area contributed by atoms with Gasteiger partial charge < -0.3 is 4.98 Å². The highest BCUT2D eigenvalue weighted by atomic mass is 32.2. The molecule has 0 spiro atoms. The van der Waals surface area contributed by atoms with Crippen LogP contribution in [0, 0.1) is 0 Å². The number of aromatic amines is 1. The molecule has 21 heavy (non-hydrogen) atoms. The predicted octanol–water partition coefficient (Wildman–Crippen LogP) is 1.22. The van der Waals surface area contributed by atoms with Crippen molar-refractivity contribution in [1.29, 1.82) is 0 Å². The Morgan fingerprint density at radius 2 is 1.71 bits per heavy atom. The van der Waals surface area contributed by atoms with E-state index in [2.05, 4.69) is 9.97 Å². The minimum atomic E-state index is -3.38. The van der Waals surface area contributed by atoms with E-state index in [1.54, 1.807) is 30.5 Å². The second-order valence-electron chi connectivity index (χ2n) is 4.94. The van der Waals surface area contributed by atoms with E-state index in [9.17, 15) is 13.2 Å². The molecule has 1 aliphatic rings. The van der Waals surface area contributed by atoms with Crippen molar-refractivity contribution in [2.45, 2.75) is 17.7 Å². The van der Waals surface area contributed by atoms with Crippen molar-refractivity contribution >= 4 is 10.0 Å². The molecular weight excluding hydrogens is 290 g/mol. The van der Waals surface area contributed by atoms with E-state index in [0.29, 0.717) is 18.0 Å². The molecule has 2 aromatic rings. The molecular formula is C14H15N3O3S. The fraction of sp³-hybridized carbons (Fsp3) is 0.286. The molecule has 0 radical (unpaired) electrons. The van der Waals surface area contributed by atoms with Gasteiger partial charge in [-0.2, -0.15) is 4.31 Å². The number of nitrogens with one attached hydrogen (secondary N) is 1. The number of benzene rings is 1. The van der Waals surface area contributed by atoms with Gasteiger partial charge in [-0.05, 0) is 30.5 Å². The summed E-state index contributed by atoms with van der Waals surface area (Å²) in [5.74, 6) is 0. The summed E-state index contributed by atoms with van der Waals surface area (Å²) in [6.07, 6.45) is 4.85. The Morgan fingerprint density at radius 3 is 2.29 bits per heavy atom. The lowest BCUT2D eigenvalue weighted by atomic mass is 10.1. The molecule has 3 rings (SSSR count). The highest BCUT2D eigenvalue weighted by Crippen LogP contribution is 2.23. The van der Waals surface area contributed by atoms with Crippen LogP contribution in [0.5, 0.6) is 0 Å². The third-order valence-electron chi connectivity index (χ3n) is 3.56. The van der Waals surface area contributed by atoms with E-state index in [0.717, 1.165) is 24.0 Å². The van der Waals surface area contributed by atoms with E-state index in [1.807, 2.05) is 0 Å². The van der Waals surface area contributed by atoms with Gasteiger partial charge in [0.25, 0.3) is 0 Å². The lowest BCUT2D eigenvalue weighted by Crippen LogP contribution is -2.27. The van der Waals surface area contributed by atoms with Crippen LogP contribution < -0.4 is 5.69 Å². The summed E-state index contributed by atoms with van der Waals surface area (Å²) >= 11 is 0. The molecule has 1 fully saturated rings. The van der Waals surface area contributed by atoms with Crippen LogP contribution in [-0.2, 0) is 10.0 Å². The van der Waals surface area contributed by atoms with Crippen molar-refractivity contribution in [2.24, 2.45) is 0 Å². The summed E-state index contributed by atoms with van der Waals surface area (Å²) in [6.45, 7) is 1.18. The van der Waals surface area contributed by atoms with Gasteiger partial charge in [0.1, 0.15) is 0 Å². The Bertz CT molecular complexity index is 770. The molecule has 0 unspecified atom stereocenters. The summed E-state index contributed by atoms with van der Waals surface area (Å²) in [4.78, 5) is 17.4. The minimum absolute atomic E-state index is 0.297. The molecule has 6 nitrogen and oxygen atoms in total. The van der Waals surface area contributed by atoms with Crippen LogP contribution in [-0.4, -0.2) is 35.8 Å². The van der Waals surface area contributed by atoms with E-state index in [1.165, 1.54) is 10.5 Å². The normalized spacial score (nSPS) is 16.2. The Labute approximate surface area is 122 Å². The zero-order valence-corrected chi connectivity index (χ0v) is 12.1. The van der Waals surface area contributed by atoms with Gasteiger partial charge in [0.15, 0.2) is 0 Å². The van der Waals surface area contributed by atoms with Gasteiger partial charge in [-0.15, -0.1) is 0 Å². The van der Waals surface area contributed by atoms with E-state index in [4.69, 9.17) is 0 Å². The van der Waals surface area contributed by atoms with Gasteiger partial charge in [-0.1, -0.05) is 12.1 Å². The summed E-state index contributed by atoms with van der Waals surface area (Å²) < 4.78 is 26.3. The van der Waals surface area contributed by atoms with Crippen molar-refractivity contribution in [3.63, 3.8) is 0 Å². The molecule has 110 valence electrons. The number of sulfonamides is 1. The smallest absolute Gasteiger partial charge is 0.312 e. The lowest BCUT2D eigenvalue weighted by Gasteiger charge is -2.15. The van der Waals surface area contributed by atoms with Gasteiger partial charge in [0.2, 0.25) is 10.0 Å². The first kappa shape index (κ1) is 14.0. The first-order valence-electron chi connectivity index (χ1n) is 6.73. The maximum absolute atomic E-state index is 12.4. The molecule has 0 amide bonds. The fourth-order valence-electron chi connectivity index (χ4n) is 2.40. The molecule has 1 N–H and O–H groups in total. The third kappa shape index (κ3) is 2.74. The largest absolute Gasteiger partial charge is 0.344 e. The average molecular weight is 305 g/mol. The number of H-pyrrole nitrogens is 1. The quantitative estimate of drug-likeness (QED) is 0.924. The lowest BCUT2D eigenvalue weighted by molar-refractivity contribution is 0.477. The van der Waals surface area contributed by atoms with Gasteiger partial charge in [-0.3, -0.25) is 0 Å². The topological polar surface area (TPSA) is 83.1 Å². The van der Waals surface area contributed by atoms with Crippen LogP contribution in [0.25, 0.3) is 11.1 Å². The molecule has 0 aliphatic carbocycles. The fourth-order valence-corrected chi connectivity index (χ4v) is 3.91. The second-order valence-corrected chi connectivity index (χ2v) is 6.88. The molecule has 1 aromatic heterocycles. The molecule has 0 atom stereocenters. The average Bonchev–Trinajstić information content (AvgIpc) is 3.03. The monoisotopic (exact) mass is 305 g/mol. The van der Waals surface area contributed by atoms with Gasteiger partial charge in [-0.25, -0.2) is 18.2 Å². The van der Waals surface area contributed by atoms with Crippen LogP contribution in [0.15, 0.2) is 46.3 Å². The zero-order chi connectivity index (χ0) is 14.9. The van der Waals surface area contributed by atoms with Crippen molar-refractivity contribution in [3.05, 3.63) is 47.1 Å². The van der Waals surface area contributed by atoms with E-state index in [-0.39, 0.29) is 0 Å². The maximum Gasteiger partial charge on any atom is 0.344 e. The maximum atomic E-state index is 12.4. The van der Waals surface area contributed by atoms with Gasteiger partial charge >= 0.3 is 5.69 Å². The molecule has 7 heteroatoms. The Hall–Kier alpha value is -1.99. The van der Waals surface area contributed by atoms with Crippen LogP contribution in [0.4, 0.5) is 0 Å². The summed E-state index contributed by atoms with van der Waals surface area (Å²) in [6, 6.07) is 6.62. The van der Waals surface area contributed by atoms with Crippen LogP contribution in [0.3, 0.4) is 0 Å². The van der Waals surface area contributed by atoms with Crippen molar-refractivity contribution in [2.75, 3.05) is 13.1 Å². The Balaban J connectivity index is 1.90. The van der Waals surface area contributed by atoms with E-state index >= 15 is 0 Å². The molecule has 0 saturated carbocycles. The number of hydrogen-bond acceptors (Lipinski definition) is 4. The van der Waals surface area contributed by atoms with Crippen molar-refractivity contribution in [3.8, 4) is 11.1 Å². The number of nitrogens with zero attached hydrogens (tertiary/aromatic N) is 2. The third-order valence-corrected chi connectivity index (χ3v) is 5.48. The summed E-state index contributed by atoms with van der Waals surface area (Å²) in [5.41, 5.74) is 1.13. The highest BCUT2D eigenvalue weighted by molar-refractivity contribution is 7.89. The molecule has 2 heterocycles. The van der Waals surface area contributed by atoms with Crippen LogP contribution in [0.2, 0.25) is 0 Å². The first-order valence-corrected chi connectivity index (χ1v) is 8.17. The SMILES string of the molecule is O=c1ncc(-c2ccc(S(=O)(=O)N3CCCC3)cc2)c[nH]1. The molecule has 0 bridgehead atoms. The molecule has 1 aromatic carbocycles. The van der Waals surface area contributed by atoms with Crippen molar-refractivity contribution in [1.82, 2.24) is 14.3 Å². The number of rotatable bonds is 3. The molecule has 1 aliphatic heterocycles. The highest BCUT2D eigenvalue weighted by Gasteiger charge is 2.26. The zero-order valence-electron chi connectivity index (χ0n) is 11.3. The van der Waals surface area contributed by atoms with Crippen molar-refractivity contribution < 1.29 is 8.42 Å². The number of aromatic nitrogens is 2. The van der Waals surface area contributed by atoms with Gasteiger partial charge in [0.05, 0.1) is 4.90 Å². The summed E-state index contributed by atoms with van der Waals surface area (Å²) in [5, 5.41) is 0. The van der Waals surface area contributed by atoms with Crippen LogP contribution >= 0.6 is 0 Å². The standard InChI is InChI=1S/C14H15N3O3S/c18-14-15-9-12(10-16-14)11-3-5-13(6-4-11)21(19,20)17-7-1-2-8-17/h3-6,9-10H,1-2,7-8H2,(H,15,16,18). The van der Waals surface area contributed by atoms with Crippen LogP contribution in [0.1, 0.15) is 12.8 Å².